The third-order valence-corrected chi connectivity index (χ3v) is 6.75. The minimum absolute atomic E-state index is 0.0834. The van der Waals surface area contributed by atoms with Crippen LogP contribution < -0.4 is 10.1 Å². The van der Waals surface area contributed by atoms with Crippen LogP contribution in [0.3, 0.4) is 0 Å². The number of hydrogen-bond donors (Lipinski definition) is 1. The smallest absolute Gasteiger partial charge is 0.234 e. The van der Waals surface area contributed by atoms with Crippen molar-refractivity contribution in [2.24, 2.45) is 0 Å². The Balaban J connectivity index is 1.53. The molecule has 9 heteroatoms. The van der Waals surface area contributed by atoms with Crippen LogP contribution in [0.5, 0.6) is 5.75 Å². The fourth-order valence-electron chi connectivity index (χ4n) is 3.07. The van der Waals surface area contributed by atoms with Gasteiger partial charge in [0.15, 0.2) is 5.16 Å². The van der Waals surface area contributed by atoms with Crippen molar-refractivity contribution < 1.29 is 9.53 Å². The lowest BCUT2D eigenvalue weighted by Gasteiger charge is -2.10. The molecule has 3 aromatic rings. The molecular weight excluding hydrogens is 524 g/mol. The minimum Gasteiger partial charge on any atom is -0.492 e. The molecule has 2 aromatic carbocycles. The highest BCUT2D eigenvalue weighted by Crippen LogP contribution is 2.28. The van der Waals surface area contributed by atoms with Gasteiger partial charge in [-0.2, -0.15) is 0 Å². The largest absolute Gasteiger partial charge is 0.492 e. The molecule has 0 fully saturated rings. The molecule has 0 atom stereocenters. The number of benzene rings is 2. The topological polar surface area (TPSA) is 69.0 Å². The highest BCUT2D eigenvalue weighted by atomic mass is 79.9. The maximum Gasteiger partial charge on any atom is 0.234 e. The number of rotatable bonds is 11. The molecule has 6 nitrogen and oxygen atoms in total. The number of carbonyl (C=O) groups is 1. The third kappa shape index (κ3) is 7.35. The summed E-state index contributed by atoms with van der Waals surface area (Å²) in [5.74, 6) is 1.75. The maximum atomic E-state index is 12.4. The summed E-state index contributed by atoms with van der Waals surface area (Å²) < 4.78 is 8.64. The first kappa shape index (κ1) is 25.3. The van der Waals surface area contributed by atoms with Gasteiger partial charge in [0, 0.05) is 23.7 Å². The number of nitrogens with one attached hydrogen (secondary N) is 1. The first-order chi connectivity index (χ1) is 15.9. The monoisotopic (exact) mass is 548 g/mol. The molecule has 0 unspecified atom stereocenters. The Hall–Kier alpha value is -2.29. The highest BCUT2D eigenvalue weighted by molar-refractivity contribution is 9.10. The van der Waals surface area contributed by atoms with Gasteiger partial charge < -0.3 is 14.6 Å². The van der Waals surface area contributed by atoms with E-state index in [1.54, 1.807) is 18.2 Å². The number of amides is 1. The normalized spacial score (nSPS) is 10.8. The Labute approximate surface area is 211 Å². The number of aryl methyl sites for hydroxylation is 3. The van der Waals surface area contributed by atoms with Gasteiger partial charge in [0.05, 0.1) is 16.8 Å². The van der Waals surface area contributed by atoms with Crippen LogP contribution in [0.1, 0.15) is 23.4 Å². The number of thioether (sulfide) groups is 1. The van der Waals surface area contributed by atoms with Crippen LogP contribution in [0.2, 0.25) is 5.02 Å². The number of allylic oxidation sites excluding steroid dienone is 1. The number of nitrogens with zero attached hydrogens (tertiary/aromatic N) is 3. The molecule has 3 rings (SSSR count). The van der Waals surface area contributed by atoms with Crippen molar-refractivity contribution in [1.82, 2.24) is 14.8 Å². The minimum atomic E-state index is -0.0834. The van der Waals surface area contributed by atoms with Gasteiger partial charge >= 0.3 is 0 Å². The molecule has 33 heavy (non-hydrogen) atoms. The molecule has 1 amide bonds. The molecule has 174 valence electrons. The third-order valence-electron chi connectivity index (χ3n) is 4.92. The number of carbonyl (C=O) groups excluding carboxylic acids is 1. The van der Waals surface area contributed by atoms with Crippen LogP contribution in [-0.4, -0.2) is 33.0 Å². The summed E-state index contributed by atoms with van der Waals surface area (Å²) in [6.07, 6.45) is 3.26. The molecule has 0 spiro atoms. The predicted octanol–water partition coefficient (Wildman–Crippen LogP) is 6.24. The second-order valence-electron chi connectivity index (χ2n) is 7.46. The molecule has 0 saturated heterocycles. The van der Waals surface area contributed by atoms with Crippen molar-refractivity contribution in [2.75, 3.05) is 17.7 Å². The lowest BCUT2D eigenvalue weighted by molar-refractivity contribution is -0.113. The van der Waals surface area contributed by atoms with Crippen LogP contribution >= 0.6 is 39.3 Å². The molecule has 0 aliphatic rings. The van der Waals surface area contributed by atoms with Crippen LogP contribution in [-0.2, 0) is 17.8 Å². The molecule has 1 aromatic heterocycles. The van der Waals surface area contributed by atoms with E-state index >= 15 is 0 Å². The zero-order valence-electron chi connectivity index (χ0n) is 18.6. The van der Waals surface area contributed by atoms with Gasteiger partial charge in [-0.3, -0.25) is 4.79 Å². The number of hydrogen-bond acceptors (Lipinski definition) is 5. The summed E-state index contributed by atoms with van der Waals surface area (Å²) in [6, 6.07) is 11.3. The Morgan fingerprint density at radius 1 is 1.24 bits per heavy atom. The fourth-order valence-corrected chi connectivity index (χ4v) is 4.64. The maximum absolute atomic E-state index is 12.4. The fraction of sp³-hybridized carbons (Fsp3) is 0.292. The van der Waals surface area contributed by atoms with Crippen LogP contribution in [0.25, 0.3) is 0 Å². The van der Waals surface area contributed by atoms with E-state index in [1.807, 2.05) is 42.7 Å². The Morgan fingerprint density at radius 2 is 2.06 bits per heavy atom. The van der Waals surface area contributed by atoms with Crippen molar-refractivity contribution >= 4 is 50.9 Å². The van der Waals surface area contributed by atoms with Crippen LogP contribution in [0.15, 0.2) is 58.7 Å². The summed E-state index contributed by atoms with van der Waals surface area (Å²) in [7, 11) is 0. The van der Waals surface area contributed by atoms with E-state index in [0.29, 0.717) is 29.8 Å². The number of anilines is 1. The zero-order chi connectivity index (χ0) is 23.8. The van der Waals surface area contributed by atoms with Gasteiger partial charge in [-0.15, -0.1) is 16.8 Å². The summed E-state index contributed by atoms with van der Waals surface area (Å²) in [5, 5.41) is 12.9. The van der Waals surface area contributed by atoms with E-state index in [2.05, 4.69) is 38.0 Å². The van der Waals surface area contributed by atoms with E-state index in [4.69, 9.17) is 16.3 Å². The van der Waals surface area contributed by atoms with Crippen LogP contribution in [0, 0.1) is 13.8 Å². The Kier molecular flexibility index (Phi) is 9.41. The molecule has 0 aliphatic carbocycles. The zero-order valence-corrected chi connectivity index (χ0v) is 21.8. The summed E-state index contributed by atoms with van der Waals surface area (Å²) in [5.41, 5.74) is 3.13. The lowest BCUT2D eigenvalue weighted by atomic mass is 10.1. The summed E-state index contributed by atoms with van der Waals surface area (Å²) >= 11 is 10.8. The summed E-state index contributed by atoms with van der Waals surface area (Å²) in [6.45, 7) is 9.01. The number of halogens is 2. The van der Waals surface area contributed by atoms with E-state index in [0.717, 1.165) is 33.7 Å². The first-order valence-electron chi connectivity index (χ1n) is 10.5. The van der Waals surface area contributed by atoms with E-state index in [1.165, 1.54) is 17.3 Å². The number of aromatic nitrogens is 3. The van der Waals surface area contributed by atoms with E-state index < -0.39 is 0 Å². The SMILES string of the molecule is C=CCn1c(CCCOc2ccc(Cl)cc2Br)nnc1SCC(=O)Nc1ccc(C)c(C)c1. The molecule has 0 saturated carbocycles. The molecule has 1 N–H and O–H groups in total. The van der Waals surface area contributed by atoms with Crippen molar-refractivity contribution in [3.8, 4) is 5.75 Å². The van der Waals surface area contributed by atoms with Crippen molar-refractivity contribution in [2.45, 2.75) is 38.4 Å². The van der Waals surface area contributed by atoms with Gasteiger partial charge in [0.1, 0.15) is 11.6 Å². The first-order valence-corrected chi connectivity index (χ1v) is 12.6. The lowest BCUT2D eigenvalue weighted by Crippen LogP contribution is -2.15. The highest BCUT2D eigenvalue weighted by Gasteiger charge is 2.14. The second-order valence-corrected chi connectivity index (χ2v) is 9.69. The molecule has 0 radical (unpaired) electrons. The van der Waals surface area contributed by atoms with Crippen molar-refractivity contribution in [1.29, 1.82) is 0 Å². The standard InChI is InChI=1S/C24H26BrClN4O2S/c1-4-11-30-22(6-5-12-32-21-10-8-18(26)14-20(21)25)28-29-24(30)33-15-23(31)27-19-9-7-16(2)17(3)13-19/h4,7-10,13-14H,1,5-6,11-12,15H2,2-3H3,(H,27,31). The summed E-state index contributed by atoms with van der Waals surface area (Å²) in [4.78, 5) is 12.4. The van der Waals surface area contributed by atoms with E-state index in [-0.39, 0.29) is 11.7 Å². The molecule has 0 aliphatic heterocycles. The Morgan fingerprint density at radius 3 is 2.79 bits per heavy atom. The van der Waals surface area contributed by atoms with Gasteiger partial charge in [0.25, 0.3) is 0 Å². The molecular formula is C24H26BrClN4O2S. The van der Waals surface area contributed by atoms with Gasteiger partial charge in [-0.25, -0.2) is 0 Å². The average Bonchev–Trinajstić information content (AvgIpc) is 3.15. The second kappa shape index (κ2) is 12.3. The Bertz CT molecular complexity index is 1140. The molecule has 0 bridgehead atoms. The van der Waals surface area contributed by atoms with Gasteiger partial charge in [-0.1, -0.05) is 35.5 Å². The quantitative estimate of drug-likeness (QED) is 0.174. The van der Waals surface area contributed by atoms with Crippen LogP contribution in [0.4, 0.5) is 5.69 Å². The van der Waals surface area contributed by atoms with Gasteiger partial charge in [0.2, 0.25) is 5.91 Å². The van der Waals surface area contributed by atoms with E-state index in [9.17, 15) is 4.79 Å². The number of ether oxygens (including phenoxy) is 1. The average molecular weight is 550 g/mol. The predicted molar refractivity (Wildman–Crippen MR) is 138 cm³/mol. The van der Waals surface area contributed by atoms with Crippen molar-refractivity contribution in [3.63, 3.8) is 0 Å². The molecule has 1 heterocycles. The van der Waals surface area contributed by atoms with Gasteiger partial charge in [-0.05, 0) is 77.7 Å². The van der Waals surface area contributed by atoms with Crippen molar-refractivity contribution in [3.05, 3.63) is 75.5 Å².